The highest BCUT2D eigenvalue weighted by Gasteiger charge is 2.11. The molecule has 18 heavy (non-hydrogen) atoms. The zero-order chi connectivity index (χ0) is 13.5. The lowest BCUT2D eigenvalue weighted by Gasteiger charge is -2.17. The number of rotatable bonds is 6. The number of hydrogen-bond acceptors (Lipinski definition) is 3. The number of allylic oxidation sites excluding steroid dienone is 1. The lowest BCUT2D eigenvalue weighted by Crippen LogP contribution is -2.14. The van der Waals surface area contributed by atoms with Gasteiger partial charge in [0, 0.05) is 17.7 Å². The van der Waals surface area contributed by atoms with Crippen LogP contribution in [0.1, 0.15) is 32.4 Å². The zero-order valence-electron chi connectivity index (χ0n) is 11.9. The van der Waals surface area contributed by atoms with Gasteiger partial charge in [-0.1, -0.05) is 11.6 Å². The molecule has 3 heteroatoms. The van der Waals surface area contributed by atoms with Crippen LogP contribution in [0.15, 0.2) is 29.8 Å². The first kappa shape index (κ1) is 14.6. The third kappa shape index (κ3) is 4.08. The summed E-state index contributed by atoms with van der Waals surface area (Å²) in [5.41, 5.74) is 2.39. The summed E-state index contributed by atoms with van der Waals surface area (Å²) in [7, 11) is 3.60. The molecule has 1 N–H and O–H groups in total. The number of ether oxygens (including phenoxy) is 2. The minimum atomic E-state index is 0.248. The van der Waals surface area contributed by atoms with E-state index in [4.69, 9.17) is 9.47 Å². The standard InChI is InChI=1S/C15H23NO2/c1-11(2)8-9-18-15-10-13(17-5)6-7-14(15)12(3)16-4/h6-8,10,12,16H,9H2,1-5H3. The van der Waals surface area contributed by atoms with E-state index >= 15 is 0 Å². The Labute approximate surface area is 110 Å². The SMILES string of the molecule is CNC(C)c1ccc(OC)cc1OCC=C(C)C. The molecule has 0 heterocycles. The molecule has 1 aromatic rings. The van der Waals surface area contributed by atoms with Crippen molar-refractivity contribution >= 4 is 0 Å². The third-order valence-electron chi connectivity index (χ3n) is 2.85. The highest BCUT2D eigenvalue weighted by atomic mass is 16.5. The molecular weight excluding hydrogens is 226 g/mol. The van der Waals surface area contributed by atoms with E-state index in [1.807, 2.05) is 25.2 Å². The van der Waals surface area contributed by atoms with E-state index in [-0.39, 0.29) is 6.04 Å². The number of benzene rings is 1. The molecule has 0 fully saturated rings. The predicted molar refractivity (Wildman–Crippen MR) is 75.4 cm³/mol. The maximum absolute atomic E-state index is 5.82. The largest absolute Gasteiger partial charge is 0.497 e. The molecule has 0 aliphatic carbocycles. The summed E-state index contributed by atoms with van der Waals surface area (Å²) in [4.78, 5) is 0. The molecule has 0 spiro atoms. The first-order chi connectivity index (χ1) is 8.58. The second-order valence-electron chi connectivity index (χ2n) is 4.51. The van der Waals surface area contributed by atoms with Gasteiger partial charge in [0.05, 0.1) is 7.11 Å². The first-order valence-corrected chi connectivity index (χ1v) is 6.19. The van der Waals surface area contributed by atoms with Crippen molar-refractivity contribution in [2.45, 2.75) is 26.8 Å². The minimum Gasteiger partial charge on any atom is -0.497 e. The molecule has 0 bridgehead atoms. The summed E-state index contributed by atoms with van der Waals surface area (Å²) < 4.78 is 11.1. The second kappa shape index (κ2) is 7.07. The van der Waals surface area contributed by atoms with Crippen molar-refractivity contribution in [2.24, 2.45) is 0 Å². The van der Waals surface area contributed by atoms with Crippen LogP contribution in [0.25, 0.3) is 0 Å². The molecule has 1 aromatic carbocycles. The van der Waals surface area contributed by atoms with E-state index in [0.29, 0.717) is 6.61 Å². The lowest BCUT2D eigenvalue weighted by atomic mass is 10.1. The van der Waals surface area contributed by atoms with E-state index in [1.54, 1.807) is 7.11 Å². The second-order valence-corrected chi connectivity index (χ2v) is 4.51. The summed E-state index contributed by atoms with van der Waals surface area (Å²) >= 11 is 0. The Morgan fingerprint density at radius 3 is 2.67 bits per heavy atom. The number of nitrogens with one attached hydrogen (secondary N) is 1. The van der Waals surface area contributed by atoms with E-state index in [2.05, 4.69) is 32.2 Å². The number of methoxy groups -OCH3 is 1. The van der Waals surface area contributed by atoms with Crippen LogP contribution in [0.3, 0.4) is 0 Å². The van der Waals surface area contributed by atoms with Crippen molar-refractivity contribution in [3.8, 4) is 11.5 Å². The van der Waals surface area contributed by atoms with E-state index in [1.165, 1.54) is 5.57 Å². The molecule has 0 aromatic heterocycles. The summed E-state index contributed by atoms with van der Waals surface area (Å²) in [6.07, 6.45) is 2.06. The van der Waals surface area contributed by atoms with Crippen LogP contribution in [0.2, 0.25) is 0 Å². The molecule has 0 saturated carbocycles. The highest BCUT2D eigenvalue weighted by molar-refractivity contribution is 5.42. The Hall–Kier alpha value is -1.48. The van der Waals surface area contributed by atoms with Crippen molar-refractivity contribution in [1.82, 2.24) is 5.32 Å². The van der Waals surface area contributed by atoms with Crippen LogP contribution >= 0.6 is 0 Å². The lowest BCUT2D eigenvalue weighted by molar-refractivity contribution is 0.348. The monoisotopic (exact) mass is 249 g/mol. The van der Waals surface area contributed by atoms with Gasteiger partial charge in [0.1, 0.15) is 18.1 Å². The Bertz CT molecular complexity index is 409. The van der Waals surface area contributed by atoms with Crippen LogP contribution in [-0.4, -0.2) is 20.8 Å². The van der Waals surface area contributed by atoms with Crippen molar-refractivity contribution < 1.29 is 9.47 Å². The van der Waals surface area contributed by atoms with Gasteiger partial charge in [-0.05, 0) is 40.0 Å². The normalized spacial score (nSPS) is 11.8. The average molecular weight is 249 g/mol. The van der Waals surface area contributed by atoms with Crippen molar-refractivity contribution in [2.75, 3.05) is 20.8 Å². The maximum Gasteiger partial charge on any atom is 0.128 e. The quantitative estimate of drug-likeness (QED) is 0.784. The van der Waals surface area contributed by atoms with Gasteiger partial charge in [-0.3, -0.25) is 0 Å². The Morgan fingerprint density at radius 1 is 1.39 bits per heavy atom. The fraction of sp³-hybridized carbons (Fsp3) is 0.467. The molecule has 0 aliphatic heterocycles. The fourth-order valence-corrected chi connectivity index (χ4v) is 1.58. The van der Waals surface area contributed by atoms with Crippen LogP contribution in [0.4, 0.5) is 0 Å². The van der Waals surface area contributed by atoms with Gasteiger partial charge in [0.15, 0.2) is 0 Å². The summed E-state index contributed by atoms with van der Waals surface area (Å²) in [5.74, 6) is 1.68. The van der Waals surface area contributed by atoms with Gasteiger partial charge in [-0.2, -0.15) is 0 Å². The van der Waals surface area contributed by atoms with Gasteiger partial charge in [-0.25, -0.2) is 0 Å². The van der Waals surface area contributed by atoms with Crippen LogP contribution in [0.5, 0.6) is 11.5 Å². The van der Waals surface area contributed by atoms with Gasteiger partial charge < -0.3 is 14.8 Å². The third-order valence-corrected chi connectivity index (χ3v) is 2.85. The topological polar surface area (TPSA) is 30.5 Å². The molecule has 1 unspecified atom stereocenters. The molecule has 0 radical (unpaired) electrons. The van der Waals surface area contributed by atoms with Gasteiger partial charge >= 0.3 is 0 Å². The van der Waals surface area contributed by atoms with Gasteiger partial charge in [0.25, 0.3) is 0 Å². The van der Waals surface area contributed by atoms with Crippen LogP contribution in [0, 0.1) is 0 Å². The number of hydrogen-bond donors (Lipinski definition) is 1. The van der Waals surface area contributed by atoms with Gasteiger partial charge in [0.2, 0.25) is 0 Å². The summed E-state index contributed by atoms with van der Waals surface area (Å²) in [5, 5.41) is 3.22. The molecule has 3 nitrogen and oxygen atoms in total. The maximum atomic E-state index is 5.82. The van der Waals surface area contributed by atoms with E-state index in [9.17, 15) is 0 Å². The van der Waals surface area contributed by atoms with Gasteiger partial charge in [-0.15, -0.1) is 0 Å². The molecule has 1 atom stereocenters. The average Bonchev–Trinajstić information content (AvgIpc) is 2.37. The van der Waals surface area contributed by atoms with Crippen LogP contribution < -0.4 is 14.8 Å². The van der Waals surface area contributed by atoms with Crippen molar-refractivity contribution in [1.29, 1.82) is 0 Å². The summed E-state index contributed by atoms with van der Waals surface area (Å²) in [6.45, 7) is 6.81. The first-order valence-electron chi connectivity index (χ1n) is 6.19. The minimum absolute atomic E-state index is 0.248. The van der Waals surface area contributed by atoms with E-state index < -0.39 is 0 Å². The summed E-state index contributed by atoms with van der Waals surface area (Å²) in [6, 6.07) is 6.18. The zero-order valence-corrected chi connectivity index (χ0v) is 11.9. The highest BCUT2D eigenvalue weighted by Crippen LogP contribution is 2.29. The van der Waals surface area contributed by atoms with Crippen LogP contribution in [-0.2, 0) is 0 Å². The van der Waals surface area contributed by atoms with E-state index in [0.717, 1.165) is 17.1 Å². The molecule has 1 rings (SSSR count). The Morgan fingerprint density at radius 2 is 2.11 bits per heavy atom. The smallest absolute Gasteiger partial charge is 0.128 e. The fourth-order valence-electron chi connectivity index (χ4n) is 1.58. The molecular formula is C15H23NO2. The molecule has 0 saturated heterocycles. The Kier molecular flexibility index (Phi) is 5.72. The predicted octanol–water partition coefficient (Wildman–Crippen LogP) is 3.32. The molecule has 0 aliphatic rings. The molecule has 100 valence electrons. The Balaban J connectivity index is 2.92. The van der Waals surface area contributed by atoms with Crippen molar-refractivity contribution in [3.63, 3.8) is 0 Å². The van der Waals surface area contributed by atoms with Crippen molar-refractivity contribution in [3.05, 3.63) is 35.4 Å². The molecule has 0 amide bonds.